The van der Waals surface area contributed by atoms with Crippen LogP contribution in [0.1, 0.15) is 12.8 Å². The SMILES string of the molecule is C=CCCCn1cnc(Cl)n1. The van der Waals surface area contributed by atoms with Crippen molar-refractivity contribution >= 4 is 11.6 Å². The van der Waals surface area contributed by atoms with Crippen LogP contribution in [0.2, 0.25) is 5.28 Å². The third-order valence-corrected chi connectivity index (χ3v) is 1.48. The third kappa shape index (κ3) is 2.72. The molecular weight excluding hydrogens is 162 g/mol. The number of rotatable bonds is 4. The first-order chi connectivity index (χ1) is 5.33. The fourth-order valence-electron chi connectivity index (χ4n) is 0.777. The maximum Gasteiger partial charge on any atom is 0.242 e. The summed E-state index contributed by atoms with van der Waals surface area (Å²) < 4.78 is 1.73. The van der Waals surface area contributed by atoms with Crippen LogP contribution < -0.4 is 0 Å². The monoisotopic (exact) mass is 171 g/mol. The molecule has 0 atom stereocenters. The van der Waals surface area contributed by atoms with E-state index in [1.54, 1.807) is 11.0 Å². The highest BCUT2D eigenvalue weighted by atomic mass is 35.5. The average molecular weight is 172 g/mol. The van der Waals surface area contributed by atoms with E-state index < -0.39 is 0 Å². The van der Waals surface area contributed by atoms with Crippen LogP contribution in [0, 0.1) is 0 Å². The lowest BCUT2D eigenvalue weighted by Gasteiger charge is -1.95. The predicted octanol–water partition coefficient (Wildman–Crippen LogP) is 1.90. The number of hydrogen-bond acceptors (Lipinski definition) is 2. The van der Waals surface area contributed by atoms with Gasteiger partial charge >= 0.3 is 0 Å². The van der Waals surface area contributed by atoms with E-state index in [4.69, 9.17) is 11.6 Å². The maximum absolute atomic E-state index is 5.51. The van der Waals surface area contributed by atoms with E-state index in [0.717, 1.165) is 19.4 Å². The smallest absolute Gasteiger partial charge is 0.242 e. The summed E-state index contributed by atoms with van der Waals surface area (Å²) in [6, 6.07) is 0. The molecule has 0 N–H and O–H groups in total. The minimum atomic E-state index is 0.309. The summed E-state index contributed by atoms with van der Waals surface area (Å²) in [6.07, 6.45) is 5.55. The molecule has 11 heavy (non-hydrogen) atoms. The first-order valence-corrected chi connectivity index (χ1v) is 3.86. The Morgan fingerprint density at radius 3 is 3.09 bits per heavy atom. The fraction of sp³-hybridized carbons (Fsp3) is 0.429. The lowest BCUT2D eigenvalue weighted by molar-refractivity contribution is 0.582. The molecule has 1 rings (SSSR count). The number of allylic oxidation sites excluding steroid dienone is 1. The topological polar surface area (TPSA) is 30.7 Å². The molecule has 4 heteroatoms. The van der Waals surface area contributed by atoms with Crippen molar-refractivity contribution in [2.45, 2.75) is 19.4 Å². The zero-order valence-electron chi connectivity index (χ0n) is 6.20. The molecule has 0 radical (unpaired) electrons. The number of aryl methyl sites for hydroxylation is 1. The van der Waals surface area contributed by atoms with Crippen molar-refractivity contribution < 1.29 is 0 Å². The number of nitrogens with zero attached hydrogens (tertiary/aromatic N) is 3. The summed E-state index contributed by atoms with van der Waals surface area (Å²) in [5.41, 5.74) is 0. The van der Waals surface area contributed by atoms with Crippen LogP contribution >= 0.6 is 11.6 Å². The van der Waals surface area contributed by atoms with Gasteiger partial charge in [0, 0.05) is 6.54 Å². The molecule has 0 aliphatic heterocycles. The average Bonchev–Trinajstić information content (AvgIpc) is 2.37. The van der Waals surface area contributed by atoms with E-state index >= 15 is 0 Å². The minimum absolute atomic E-state index is 0.309. The number of aromatic nitrogens is 3. The molecule has 3 nitrogen and oxygen atoms in total. The van der Waals surface area contributed by atoms with E-state index in [-0.39, 0.29) is 0 Å². The molecule has 0 aromatic carbocycles. The lowest BCUT2D eigenvalue weighted by atomic mass is 10.3. The summed E-state index contributed by atoms with van der Waals surface area (Å²) in [5.74, 6) is 0. The van der Waals surface area contributed by atoms with Crippen molar-refractivity contribution in [2.24, 2.45) is 0 Å². The van der Waals surface area contributed by atoms with Gasteiger partial charge in [-0.25, -0.2) is 4.98 Å². The van der Waals surface area contributed by atoms with Gasteiger partial charge in [-0.3, -0.25) is 4.68 Å². The standard InChI is InChI=1S/C7H10ClN3/c1-2-3-4-5-11-6-9-7(8)10-11/h2,6H,1,3-5H2. The zero-order chi connectivity index (χ0) is 8.10. The Balaban J connectivity index is 2.32. The van der Waals surface area contributed by atoms with Gasteiger partial charge in [-0.15, -0.1) is 11.7 Å². The van der Waals surface area contributed by atoms with Gasteiger partial charge in [0.2, 0.25) is 5.28 Å². The molecular formula is C7H10ClN3. The van der Waals surface area contributed by atoms with E-state index in [0.29, 0.717) is 5.28 Å². The predicted molar refractivity (Wildman–Crippen MR) is 44.5 cm³/mol. The van der Waals surface area contributed by atoms with Crippen LogP contribution in [0.25, 0.3) is 0 Å². The van der Waals surface area contributed by atoms with Crippen LogP contribution in [-0.4, -0.2) is 14.8 Å². The van der Waals surface area contributed by atoms with E-state index in [1.807, 2.05) is 6.08 Å². The Labute approximate surface area is 70.7 Å². The molecule has 1 heterocycles. The van der Waals surface area contributed by atoms with Gasteiger partial charge in [0.1, 0.15) is 6.33 Å². The largest absolute Gasteiger partial charge is 0.251 e. The van der Waals surface area contributed by atoms with Gasteiger partial charge in [0.15, 0.2) is 0 Å². The molecule has 0 fully saturated rings. The van der Waals surface area contributed by atoms with Crippen LogP contribution in [0.5, 0.6) is 0 Å². The molecule has 0 aliphatic carbocycles. The second-order valence-electron chi connectivity index (χ2n) is 2.21. The minimum Gasteiger partial charge on any atom is -0.251 e. The van der Waals surface area contributed by atoms with Gasteiger partial charge in [-0.1, -0.05) is 6.08 Å². The third-order valence-electron chi connectivity index (χ3n) is 1.30. The quantitative estimate of drug-likeness (QED) is 0.512. The van der Waals surface area contributed by atoms with Gasteiger partial charge in [0.05, 0.1) is 0 Å². The highest BCUT2D eigenvalue weighted by Gasteiger charge is 1.94. The molecule has 1 aromatic heterocycles. The highest BCUT2D eigenvalue weighted by Crippen LogP contribution is 1.99. The second-order valence-corrected chi connectivity index (χ2v) is 2.55. The van der Waals surface area contributed by atoms with Crippen molar-refractivity contribution in [1.82, 2.24) is 14.8 Å². The molecule has 0 saturated heterocycles. The molecule has 0 amide bonds. The number of unbranched alkanes of at least 4 members (excludes halogenated alkanes) is 1. The van der Waals surface area contributed by atoms with E-state index in [9.17, 15) is 0 Å². The van der Waals surface area contributed by atoms with Crippen LogP contribution in [-0.2, 0) is 6.54 Å². The molecule has 0 aliphatic rings. The maximum atomic E-state index is 5.51. The van der Waals surface area contributed by atoms with E-state index in [2.05, 4.69) is 16.7 Å². The lowest BCUT2D eigenvalue weighted by Crippen LogP contribution is -1.97. The Morgan fingerprint density at radius 2 is 2.55 bits per heavy atom. The summed E-state index contributed by atoms with van der Waals surface area (Å²) in [5, 5.41) is 4.23. The number of hydrogen-bond donors (Lipinski definition) is 0. The molecule has 0 spiro atoms. The Morgan fingerprint density at radius 1 is 1.73 bits per heavy atom. The van der Waals surface area contributed by atoms with E-state index in [1.165, 1.54) is 0 Å². The van der Waals surface area contributed by atoms with Crippen molar-refractivity contribution in [3.63, 3.8) is 0 Å². The molecule has 0 unspecified atom stereocenters. The molecule has 60 valence electrons. The van der Waals surface area contributed by atoms with Gasteiger partial charge in [-0.05, 0) is 24.4 Å². The summed E-state index contributed by atoms with van der Waals surface area (Å²) in [7, 11) is 0. The first-order valence-electron chi connectivity index (χ1n) is 3.49. The summed E-state index contributed by atoms with van der Waals surface area (Å²) in [4.78, 5) is 3.79. The normalized spacial score (nSPS) is 9.91. The highest BCUT2D eigenvalue weighted by molar-refractivity contribution is 6.28. The summed E-state index contributed by atoms with van der Waals surface area (Å²) >= 11 is 5.51. The first kappa shape index (κ1) is 8.27. The summed E-state index contributed by atoms with van der Waals surface area (Å²) in [6.45, 7) is 4.48. The van der Waals surface area contributed by atoms with Crippen LogP contribution in [0.4, 0.5) is 0 Å². The second kappa shape index (κ2) is 4.13. The van der Waals surface area contributed by atoms with Crippen molar-refractivity contribution in [1.29, 1.82) is 0 Å². The van der Waals surface area contributed by atoms with Gasteiger partial charge < -0.3 is 0 Å². The number of halogens is 1. The Bertz CT molecular complexity index is 231. The zero-order valence-corrected chi connectivity index (χ0v) is 6.96. The van der Waals surface area contributed by atoms with Crippen molar-refractivity contribution in [3.05, 3.63) is 24.3 Å². The van der Waals surface area contributed by atoms with Crippen LogP contribution in [0.15, 0.2) is 19.0 Å². The molecule has 1 aromatic rings. The van der Waals surface area contributed by atoms with Crippen LogP contribution in [0.3, 0.4) is 0 Å². The van der Waals surface area contributed by atoms with Crippen molar-refractivity contribution in [2.75, 3.05) is 0 Å². The fourth-order valence-corrected chi connectivity index (χ4v) is 0.918. The Kier molecular flexibility index (Phi) is 3.11. The van der Waals surface area contributed by atoms with Crippen molar-refractivity contribution in [3.8, 4) is 0 Å². The van der Waals surface area contributed by atoms with Gasteiger partial charge in [0.25, 0.3) is 0 Å². The Hall–Kier alpha value is -0.830. The van der Waals surface area contributed by atoms with Gasteiger partial charge in [-0.2, -0.15) is 0 Å². The molecule has 0 saturated carbocycles. The molecule has 0 bridgehead atoms.